The fraction of sp³-hybridized carbons (Fsp3) is 0.538. The molecule has 0 amide bonds. The number of hydrogen-bond acceptors (Lipinski definition) is 3. The normalized spacial score (nSPS) is 12.1. The Kier molecular flexibility index (Phi) is 9.17. The van der Waals surface area contributed by atoms with Gasteiger partial charge in [0.05, 0.1) is 6.61 Å². The molecular weight excluding hydrogens is 259 g/mol. The van der Waals surface area contributed by atoms with E-state index < -0.39 is 11.1 Å². The van der Waals surface area contributed by atoms with Crippen LogP contribution in [0.3, 0.4) is 0 Å². The number of benzene rings is 1. The van der Waals surface area contributed by atoms with Gasteiger partial charge in [0.1, 0.15) is 5.75 Å². The molecule has 1 aromatic carbocycles. The quantitative estimate of drug-likeness (QED) is 0.425. The summed E-state index contributed by atoms with van der Waals surface area (Å²) in [5.74, 6) is 1.04. The molecular formula is C13H19NaO3S. The van der Waals surface area contributed by atoms with Crippen LogP contribution in [0.15, 0.2) is 23.1 Å². The summed E-state index contributed by atoms with van der Waals surface area (Å²) in [5, 5.41) is 0. The van der Waals surface area contributed by atoms with Crippen molar-refractivity contribution in [1.29, 1.82) is 0 Å². The van der Waals surface area contributed by atoms with E-state index in [4.69, 9.17) is 4.74 Å². The van der Waals surface area contributed by atoms with Gasteiger partial charge in [-0.05, 0) is 47.2 Å². The van der Waals surface area contributed by atoms with Crippen molar-refractivity contribution in [3.8, 4) is 5.75 Å². The van der Waals surface area contributed by atoms with Crippen LogP contribution in [0.4, 0.5) is 0 Å². The first-order valence-electron chi connectivity index (χ1n) is 5.92. The van der Waals surface area contributed by atoms with Crippen molar-refractivity contribution >= 4 is 11.1 Å². The molecule has 0 spiro atoms. The molecule has 0 aromatic heterocycles. The summed E-state index contributed by atoms with van der Waals surface area (Å²) in [6.45, 7) is 6.84. The Labute approximate surface area is 134 Å². The number of hydrogen-bond donors (Lipinski definition) is 0. The first kappa shape index (κ1) is 18.1. The molecule has 0 saturated carbocycles. The first-order valence-corrected chi connectivity index (χ1v) is 6.99. The molecule has 0 aliphatic rings. The van der Waals surface area contributed by atoms with Gasteiger partial charge in [0.15, 0.2) is 0 Å². The molecule has 0 bridgehead atoms. The molecule has 1 atom stereocenters. The Bertz CT molecular complexity index is 394. The van der Waals surface area contributed by atoms with Gasteiger partial charge in [-0.25, -0.2) is 0 Å². The summed E-state index contributed by atoms with van der Waals surface area (Å²) < 4.78 is 27.5. The van der Waals surface area contributed by atoms with Crippen molar-refractivity contribution < 1.29 is 43.1 Å². The SMILES string of the molecule is CCCCOc1ccc(S(=O)[O-])cc1C(C)C.[Na+]. The Hall–Kier alpha value is 0.130. The van der Waals surface area contributed by atoms with Crippen molar-refractivity contribution in [2.45, 2.75) is 44.4 Å². The van der Waals surface area contributed by atoms with E-state index in [0.29, 0.717) is 11.5 Å². The second kappa shape index (κ2) is 9.10. The van der Waals surface area contributed by atoms with Gasteiger partial charge in [0.2, 0.25) is 0 Å². The Morgan fingerprint density at radius 3 is 2.56 bits per heavy atom. The summed E-state index contributed by atoms with van der Waals surface area (Å²) >= 11 is -2.18. The fourth-order valence-corrected chi connectivity index (χ4v) is 1.94. The maximum absolute atomic E-state index is 10.9. The van der Waals surface area contributed by atoms with E-state index in [-0.39, 0.29) is 35.5 Å². The molecule has 96 valence electrons. The van der Waals surface area contributed by atoms with Gasteiger partial charge >= 0.3 is 29.6 Å². The molecule has 5 heteroatoms. The summed E-state index contributed by atoms with van der Waals surface area (Å²) in [6, 6.07) is 5.02. The molecule has 1 unspecified atom stereocenters. The third kappa shape index (κ3) is 5.41. The van der Waals surface area contributed by atoms with E-state index >= 15 is 0 Å². The first-order chi connectivity index (χ1) is 8.06. The van der Waals surface area contributed by atoms with Crippen LogP contribution >= 0.6 is 0 Å². The zero-order valence-electron chi connectivity index (χ0n) is 11.6. The summed E-state index contributed by atoms with van der Waals surface area (Å²) in [6.07, 6.45) is 2.09. The minimum absolute atomic E-state index is 0. The molecule has 0 radical (unpaired) electrons. The molecule has 0 N–H and O–H groups in total. The van der Waals surface area contributed by atoms with Gasteiger partial charge in [0.25, 0.3) is 0 Å². The summed E-state index contributed by atoms with van der Waals surface area (Å²) in [7, 11) is 0. The average molecular weight is 278 g/mol. The van der Waals surface area contributed by atoms with Crippen LogP contribution in [0.1, 0.15) is 45.1 Å². The average Bonchev–Trinajstić information content (AvgIpc) is 2.29. The maximum Gasteiger partial charge on any atom is 1.00 e. The van der Waals surface area contributed by atoms with E-state index in [2.05, 4.69) is 6.92 Å². The zero-order valence-corrected chi connectivity index (χ0v) is 14.4. The maximum atomic E-state index is 10.9. The molecule has 0 saturated heterocycles. The molecule has 0 heterocycles. The van der Waals surface area contributed by atoms with Gasteiger partial charge in [-0.2, -0.15) is 0 Å². The van der Waals surface area contributed by atoms with Gasteiger partial charge in [0, 0.05) is 4.90 Å². The van der Waals surface area contributed by atoms with E-state index in [1.54, 1.807) is 18.2 Å². The summed E-state index contributed by atoms with van der Waals surface area (Å²) in [4.78, 5) is 0.316. The standard InChI is InChI=1S/C13H20O3S.Na/c1-4-5-8-16-13-7-6-11(17(14)15)9-12(13)10(2)3;/h6-7,9-10H,4-5,8H2,1-3H3,(H,14,15);/q;+1/p-1. The Balaban J connectivity index is 0.00000289. The van der Waals surface area contributed by atoms with Crippen LogP contribution in [-0.4, -0.2) is 15.4 Å². The fourth-order valence-electron chi connectivity index (χ4n) is 1.54. The number of unbranched alkanes of at least 4 members (excludes halogenated alkanes) is 1. The van der Waals surface area contributed by atoms with E-state index in [1.807, 2.05) is 13.8 Å². The molecule has 0 aliphatic heterocycles. The van der Waals surface area contributed by atoms with Crippen LogP contribution in [0.2, 0.25) is 0 Å². The van der Waals surface area contributed by atoms with Crippen molar-refractivity contribution in [1.82, 2.24) is 0 Å². The van der Waals surface area contributed by atoms with Gasteiger partial charge < -0.3 is 9.29 Å². The van der Waals surface area contributed by atoms with E-state index in [0.717, 1.165) is 24.2 Å². The van der Waals surface area contributed by atoms with Gasteiger partial charge in [-0.15, -0.1) is 0 Å². The van der Waals surface area contributed by atoms with Crippen molar-refractivity contribution in [2.75, 3.05) is 6.61 Å². The third-order valence-corrected chi connectivity index (χ3v) is 3.19. The third-order valence-electron chi connectivity index (χ3n) is 2.55. The minimum Gasteiger partial charge on any atom is -0.768 e. The smallest absolute Gasteiger partial charge is 0.768 e. The predicted octanol–water partition coefficient (Wildman–Crippen LogP) is 0.231. The molecule has 3 nitrogen and oxygen atoms in total. The van der Waals surface area contributed by atoms with Crippen LogP contribution in [0, 0.1) is 0 Å². The van der Waals surface area contributed by atoms with Crippen molar-refractivity contribution in [2.24, 2.45) is 0 Å². The molecule has 1 rings (SSSR count). The van der Waals surface area contributed by atoms with Crippen LogP contribution in [-0.2, 0) is 11.1 Å². The topological polar surface area (TPSA) is 49.4 Å². The van der Waals surface area contributed by atoms with Gasteiger partial charge in [-0.1, -0.05) is 27.2 Å². The predicted molar refractivity (Wildman–Crippen MR) is 68.1 cm³/mol. The zero-order chi connectivity index (χ0) is 12.8. The minimum atomic E-state index is -2.18. The van der Waals surface area contributed by atoms with Crippen LogP contribution in [0.25, 0.3) is 0 Å². The van der Waals surface area contributed by atoms with Crippen molar-refractivity contribution in [3.05, 3.63) is 23.8 Å². The Morgan fingerprint density at radius 2 is 2.06 bits per heavy atom. The number of rotatable bonds is 6. The molecule has 0 aliphatic carbocycles. The van der Waals surface area contributed by atoms with Crippen molar-refractivity contribution in [3.63, 3.8) is 0 Å². The number of ether oxygens (including phenoxy) is 1. The van der Waals surface area contributed by atoms with Crippen LogP contribution in [0.5, 0.6) is 5.75 Å². The molecule has 0 fully saturated rings. The van der Waals surface area contributed by atoms with Gasteiger partial charge in [-0.3, -0.25) is 4.21 Å². The van der Waals surface area contributed by atoms with E-state index in [9.17, 15) is 8.76 Å². The van der Waals surface area contributed by atoms with E-state index in [1.165, 1.54) is 0 Å². The summed E-state index contributed by atoms with van der Waals surface area (Å²) in [5.41, 5.74) is 0.947. The molecule has 1 aromatic rings. The van der Waals surface area contributed by atoms with Crippen LogP contribution < -0.4 is 34.3 Å². The second-order valence-electron chi connectivity index (χ2n) is 4.29. The molecule has 18 heavy (non-hydrogen) atoms. The monoisotopic (exact) mass is 278 g/mol. The second-order valence-corrected chi connectivity index (χ2v) is 5.23. The largest absolute Gasteiger partial charge is 1.00 e. The Morgan fingerprint density at radius 1 is 1.39 bits per heavy atom.